The van der Waals surface area contributed by atoms with E-state index in [1.807, 2.05) is 0 Å². The minimum absolute atomic E-state index is 0.360. The lowest BCUT2D eigenvalue weighted by Crippen LogP contribution is -2.46. The van der Waals surface area contributed by atoms with Crippen LogP contribution in [-0.2, 0) is 4.74 Å². The highest BCUT2D eigenvalue weighted by molar-refractivity contribution is 4.95. The number of rotatable bonds is 5. The second-order valence-corrected chi connectivity index (χ2v) is 5.34. The maximum Gasteiger partial charge on any atom is 0.0618 e. The van der Waals surface area contributed by atoms with Crippen LogP contribution in [-0.4, -0.2) is 25.3 Å². The maximum absolute atomic E-state index is 5.78. The summed E-state index contributed by atoms with van der Waals surface area (Å²) in [7, 11) is 0. The van der Waals surface area contributed by atoms with Crippen molar-refractivity contribution in [2.75, 3.05) is 13.2 Å². The molecule has 0 aliphatic carbocycles. The van der Waals surface area contributed by atoms with Crippen molar-refractivity contribution in [1.82, 2.24) is 5.32 Å². The van der Waals surface area contributed by atoms with E-state index in [-0.39, 0.29) is 0 Å². The Balaban J connectivity index is 2.68. The average molecular weight is 213 g/mol. The van der Waals surface area contributed by atoms with E-state index in [1.54, 1.807) is 0 Å². The van der Waals surface area contributed by atoms with Gasteiger partial charge in [-0.15, -0.1) is 0 Å². The van der Waals surface area contributed by atoms with Gasteiger partial charge in [0, 0.05) is 24.6 Å². The molecule has 0 aromatic heterocycles. The fourth-order valence-electron chi connectivity index (χ4n) is 2.65. The molecule has 1 saturated heterocycles. The molecule has 1 rings (SSSR count). The molecule has 0 bridgehead atoms. The zero-order chi connectivity index (χ0) is 11.5. The molecule has 1 aliphatic rings. The highest BCUT2D eigenvalue weighted by atomic mass is 16.5. The van der Waals surface area contributed by atoms with E-state index < -0.39 is 0 Å². The van der Waals surface area contributed by atoms with Gasteiger partial charge in [0.1, 0.15) is 0 Å². The van der Waals surface area contributed by atoms with Crippen molar-refractivity contribution in [2.45, 2.75) is 59.6 Å². The largest absolute Gasteiger partial charge is 0.378 e. The fourth-order valence-corrected chi connectivity index (χ4v) is 2.65. The summed E-state index contributed by atoms with van der Waals surface area (Å²) in [5, 5.41) is 3.59. The van der Waals surface area contributed by atoms with Gasteiger partial charge in [-0.25, -0.2) is 0 Å². The van der Waals surface area contributed by atoms with Crippen molar-refractivity contribution in [3.8, 4) is 0 Å². The summed E-state index contributed by atoms with van der Waals surface area (Å²) in [6.45, 7) is 13.4. The Morgan fingerprint density at radius 1 is 1.40 bits per heavy atom. The molecule has 1 heterocycles. The molecule has 1 N–H and O–H groups in total. The van der Waals surface area contributed by atoms with Gasteiger partial charge in [0.2, 0.25) is 0 Å². The molecule has 3 atom stereocenters. The Kier molecular flexibility index (Phi) is 4.60. The van der Waals surface area contributed by atoms with E-state index in [2.05, 4.69) is 39.9 Å². The molecule has 0 aromatic rings. The molecule has 0 saturated carbocycles. The summed E-state index contributed by atoms with van der Waals surface area (Å²) in [6, 6.07) is 0.568. The second-order valence-electron chi connectivity index (χ2n) is 5.34. The van der Waals surface area contributed by atoms with Gasteiger partial charge in [-0.3, -0.25) is 0 Å². The van der Waals surface area contributed by atoms with Crippen LogP contribution in [0.1, 0.15) is 47.5 Å². The maximum atomic E-state index is 5.78. The Hall–Kier alpha value is -0.0800. The molecule has 2 heteroatoms. The average Bonchev–Trinajstić information content (AvgIpc) is 2.57. The van der Waals surface area contributed by atoms with Crippen molar-refractivity contribution in [1.29, 1.82) is 0 Å². The molecular formula is C13H27NO. The highest BCUT2D eigenvalue weighted by Crippen LogP contribution is 2.42. The third-order valence-corrected chi connectivity index (χ3v) is 4.18. The minimum atomic E-state index is 0.360. The van der Waals surface area contributed by atoms with Crippen molar-refractivity contribution in [3.63, 3.8) is 0 Å². The summed E-state index contributed by atoms with van der Waals surface area (Å²) in [4.78, 5) is 0. The lowest BCUT2D eigenvalue weighted by atomic mass is 9.70. The van der Waals surface area contributed by atoms with Crippen molar-refractivity contribution >= 4 is 0 Å². The summed E-state index contributed by atoms with van der Waals surface area (Å²) in [5.74, 6) is 0.737. The van der Waals surface area contributed by atoms with Gasteiger partial charge in [-0.1, -0.05) is 34.1 Å². The van der Waals surface area contributed by atoms with Crippen LogP contribution in [0.15, 0.2) is 0 Å². The topological polar surface area (TPSA) is 21.3 Å². The third-order valence-electron chi connectivity index (χ3n) is 4.18. The molecule has 15 heavy (non-hydrogen) atoms. The van der Waals surface area contributed by atoms with Crippen molar-refractivity contribution in [3.05, 3.63) is 0 Å². The SMILES string of the molecule is CCC(C)C1(CNC(C)C)CCOC1C. The molecule has 1 aliphatic heterocycles. The third kappa shape index (κ3) is 2.73. The molecule has 90 valence electrons. The van der Waals surface area contributed by atoms with E-state index in [9.17, 15) is 0 Å². The van der Waals surface area contributed by atoms with Crippen molar-refractivity contribution < 1.29 is 4.74 Å². The Labute approximate surface area is 94.8 Å². The first-order valence-corrected chi connectivity index (χ1v) is 6.38. The van der Waals surface area contributed by atoms with Gasteiger partial charge >= 0.3 is 0 Å². The molecule has 0 amide bonds. The molecule has 0 radical (unpaired) electrons. The van der Waals surface area contributed by atoms with E-state index in [4.69, 9.17) is 4.74 Å². The van der Waals surface area contributed by atoms with Gasteiger partial charge in [-0.05, 0) is 19.3 Å². The number of hydrogen-bond acceptors (Lipinski definition) is 2. The van der Waals surface area contributed by atoms with Crippen LogP contribution in [0, 0.1) is 11.3 Å². The smallest absolute Gasteiger partial charge is 0.0618 e. The van der Waals surface area contributed by atoms with E-state index in [0.717, 1.165) is 19.1 Å². The molecule has 0 spiro atoms. The first-order chi connectivity index (χ1) is 7.03. The molecule has 2 nitrogen and oxygen atoms in total. The van der Waals surface area contributed by atoms with E-state index in [0.29, 0.717) is 17.6 Å². The van der Waals surface area contributed by atoms with Crippen molar-refractivity contribution in [2.24, 2.45) is 11.3 Å². The molecule has 0 aromatic carbocycles. The number of ether oxygens (including phenoxy) is 1. The second kappa shape index (κ2) is 5.31. The van der Waals surface area contributed by atoms with E-state index in [1.165, 1.54) is 12.8 Å². The summed E-state index contributed by atoms with van der Waals surface area (Å²) >= 11 is 0. The summed E-state index contributed by atoms with van der Waals surface area (Å²) in [5.41, 5.74) is 0.360. The van der Waals surface area contributed by atoms with Gasteiger partial charge in [0.25, 0.3) is 0 Å². The van der Waals surface area contributed by atoms with Gasteiger partial charge in [0.05, 0.1) is 6.10 Å². The predicted octanol–water partition coefficient (Wildman–Crippen LogP) is 2.83. The standard InChI is InChI=1S/C13H27NO/c1-6-11(4)13(9-14-10(2)3)7-8-15-12(13)5/h10-12,14H,6-9H2,1-5H3. The number of nitrogens with one attached hydrogen (secondary N) is 1. The van der Waals surface area contributed by atoms with Crippen LogP contribution in [0.25, 0.3) is 0 Å². The number of hydrogen-bond donors (Lipinski definition) is 1. The van der Waals surface area contributed by atoms with Crippen LogP contribution >= 0.6 is 0 Å². The lowest BCUT2D eigenvalue weighted by Gasteiger charge is -2.38. The lowest BCUT2D eigenvalue weighted by molar-refractivity contribution is 0.0303. The fraction of sp³-hybridized carbons (Fsp3) is 1.00. The normalized spacial score (nSPS) is 33.6. The van der Waals surface area contributed by atoms with Crippen LogP contribution in [0.3, 0.4) is 0 Å². The first kappa shape index (κ1) is 13.0. The molecular weight excluding hydrogens is 186 g/mol. The quantitative estimate of drug-likeness (QED) is 0.758. The van der Waals surface area contributed by atoms with Crippen LogP contribution in [0.5, 0.6) is 0 Å². The zero-order valence-electron chi connectivity index (χ0n) is 11.0. The predicted molar refractivity (Wildman–Crippen MR) is 65.1 cm³/mol. The highest BCUT2D eigenvalue weighted by Gasteiger charge is 2.44. The Bertz CT molecular complexity index is 193. The van der Waals surface area contributed by atoms with Gasteiger partial charge in [0.15, 0.2) is 0 Å². The van der Waals surface area contributed by atoms with Gasteiger partial charge in [-0.2, -0.15) is 0 Å². The Morgan fingerprint density at radius 2 is 2.07 bits per heavy atom. The first-order valence-electron chi connectivity index (χ1n) is 6.38. The van der Waals surface area contributed by atoms with E-state index >= 15 is 0 Å². The molecule has 3 unspecified atom stereocenters. The summed E-state index contributed by atoms with van der Waals surface area (Å²) in [6.07, 6.45) is 2.86. The summed E-state index contributed by atoms with van der Waals surface area (Å²) < 4.78 is 5.78. The zero-order valence-corrected chi connectivity index (χ0v) is 11.0. The molecule has 1 fully saturated rings. The Morgan fingerprint density at radius 3 is 2.47 bits per heavy atom. The van der Waals surface area contributed by atoms with Crippen LogP contribution < -0.4 is 5.32 Å². The van der Waals surface area contributed by atoms with Crippen LogP contribution in [0.2, 0.25) is 0 Å². The monoisotopic (exact) mass is 213 g/mol. The van der Waals surface area contributed by atoms with Crippen LogP contribution in [0.4, 0.5) is 0 Å². The minimum Gasteiger partial charge on any atom is -0.378 e. The van der Waals surface area contributed by atoms with Gasteiger partial charge < -0.3 is 10.1 Å².